The first kappa shape index (κ1) is 12.2. The Hall–Kier alpha value is -2.31. The molecule has 0 atom stereocenters. The molecular formula is C11H9FO6. The van der Waals surface area contributed by atoms with Crippen molar-refractivity contribution in [3.05, 3.63) is 17.4 Å². The number of rotatable bonds is 3. The molecule has 1 aromatic rings. The zero-order chi connectivity index (χ0) is 13.3. The van der Waals surface area contributed by atoms with E-state index in [1.54, 1.807) is 0 Å². The molecule has 7 heteroatoms. The predicted octanol–water partition coefficient (Wildman–Crippen LogP) is 1.01. The minimum atomic E-state index is -1.24. The summed E-state index contributed by atoms with van der Waals surface area (Å²) < 4.78 is 28.0. The second kappa shape index (κ2) is 4.52. The van der Waals surface area contributed by atoms with E-state index in [9.17, 15) is 19.1 Å². The first-order chi connectivity index (χ1) is 8.56. The van der Waals surface area contributed by atoms with Gasteiger partial charge in [0.25, 0.3) is 5.78 Å². The second-order valence-corrected chi connectivity index (χ2v) is 3.37. The number of carbonyl (C=O) groups excluding carboxylic acids is 2. The van der Waals surface area contributed by atoms with Gasteiger partial charge in [0, 0.05) is 6.07 Å². The molecule has 1 aromatic carbocycles. The normalized spacial score (nSPS) is 12.3. The summed E-state index contributed by atoms with van der Waals surface area (Å²) in [6.45, 7) is 1.26. The SMILES string of the molecule is CCOC(=O)C(=O)c1c(F)c(O)cc2c1OCO2. The van der Waals surface area contributed by atoms with E-state index in [2.05, 4.69) is 4.74 Å². The van der Waals surface area contributed by atoms with E-state index in [0.29, 0.717) is 0 Å². The Balaban J connectivity index is 2.50. The van der Waals surface area contributed by atoms with Gasteiger partial charge in [-0.25, -0.2) is 9.18 Å². The lowest BCUT2D eigenvalue weighted by atomic mass is 10.1. The number of hydrogen-bond donors (Lipinski definition) is 1. The van der Waals surface area contributed by atoms with Gasteiger partial charge in [-0.3, -0.25) is 4.79 Å². The number of esters is 1. The largest absolute Gasteiger partial charge is 0.505 e. The fourth-order valence-corrected chi connectivity index (χ4v) is 1.51. The van der Waals surface area contributed by atoms with Crippen molar-refractivity contribution >= 4 is 11.8 Å². The summed E-state index contributed by atoms with van der Waals surface area (Å²) >= 11 is 0. The highest BCUT2D eigenvalue weighted by atomic mass is 19.1. The third-order valence-electron chi connectivity index (χ3n) is 2.27. The van der Waals surface area contributed by atoms with Crippen molar-refractivity contribution in [2.24, 2.45) is 0 Å². The van der Waals surface area contributed by atoms with Crippen LogP contribution in [0.5, 0.6) is 17.2 Å². The van der Waals surface area contributed by atoms with Gasteiger partial charge >= 0.3 is 5.97 Å². The lowest BCUT2D eigenvalue weighted by molar-refractivity contribution is -0.137. The third kappa shape index (κ3) is 1.83. The van der Waals surface area contributed by atoms with Crippen LogP contribution in [0.1, 0.15) is 17.3 Å². The molecule has 1 aliphatic rings. The zero-order valence-corrected chi connectivity index (χ0v) is 9.36. The van der Waals surface area contributed by atoms with Crippen molar-refractivity contribution in [3.8, 4) is 17.2 Å². The minimum absolute atomic E-state index is 0.00143. The molecule has 0 amide bonds. The molecule has 0 fully saturated rings. The molecular weight excluding hydrogens is 247 g/mol. The summed E-state index contributed by atoms with van der Waals surface area (Å²) in [7, 11) is 0. The molecule has 96 valence electrons. The fourth-order valence-electron chi connectivity index (χ4n) is 1.51. The molecule has 0 unspecified atom stereocenters. The molecule has 1 heterocycles. The van der Waals surface area contributed by atoms with Gasteiger partial charge in [-0.05, 0) is 6.92 Å². The number of fused-ring (bicyclic) bond motifs is 1. The van der Waals surface area contributed by atoms with Crippen LogP contribution >= 0.6 is 0 Å². The lowest BCUT2D eigenvalue weighted by Crippen LogP contribution is -2.19. The number of Topliss-reactive ketones (excluding diaryl/α,β-unsaturated/α-hetero) is 1. The summed E-state index contributed by atoms with van der Waals surface area (Å²) in [5.41, 5.74) is -0.680. The summed E-state index contributed by atoms with van der Waals surface area (Å²) in [4.78, 5) is 23.0. The van der Waals surface area contributed by atoms with Crippen LogP contribution in [0, 0.1) is 5.82 Å². The van der Waals surface area contributed by atoms with Crippen LogP contribution in [0.4, 0.5) is 4.39 Å². The standard InChI is InChI=1S/C11H9FO6/c1-2-16-11(15)9(14)7-8(12)5(13)3-6-10(7)18-4-17-6/h3,13H,2,4H2,1H3. The van der Waals surface area contributed by atoms with Gasteiger partial charge in [-0.2, -0.15) is 0 Å². The number of ketones is 1. The van der Waals surface area contributed by atoms with Gasteiger partial charge < -0.3 is 19.3 Å². The molecule has 1 N–H and O–H groups in total. The van der Waals surface area contributed by atoms with Gasteiger partial charge in [0.1, 0.15) is 5.56 Å². The van der Waals surface area contributed by atoms with E-state index in [4.69, 9.17) is 9.47 Å². The highest BCUT2D eigenvalue weighted by Crippen LogP contribution is 2.41. The lowest BCUT2D eigenvalue weighted by Gasteiger charge is -2.07. The highest BCUT2D eigenvalue weighted by Gasteiger charge is 2.33. The quantitative estimate of drug-likeness (QED) is 0.493. The van der Waals surface area contributed by atoms with Gasteiger partial charge in [0.15, 0.2) is 23.1 Å². The van der Waals surface area contributed by atoms with Crippen LogP contribution in [0.3, 0.4) is 0 Å². The molecule has 0 aliphatic carbocycles. The van der Waals surface area contributed by atoms with Crippen molar-refractivity contribution in [3.63, 3.8) is 0 Å². The summed E-state index contributed by atoms with van der Waals surface area (Å²) in [6.07, 6.45) is 0. The third-order valence-corrected chi connectivity index (χ3v) is 2.27. The monoisotopic (exact) mass is 256 g/mol. The number of benzene rings is 1. The molecule has 0 bridgehead atoms. The minimum Gasteiger partial charge on any atom is -0.505 e. The van der Waals surface area contributed by atoms with E-state index in [0.717, 1.165) is 6.07 Å². The Morgan fingerprint density at radius 2 is 2.22 bits per heavy atom. The zero-order valence-electron chi connectivity index (χ0n) is 9.36. The molecule has 0 aromatic heterocycles. The molecule has 0 saturated carbocycles. The topological polar surface area (TPSA) is 82.1 Å². The number of phenolic OH excluding ortho intramolecular Hbond substituents is 1. The Morgan fingerprint density at radius 1 is 1.50 bits per heavy atom. The summed E-state index contributed by atoms with van der Waals surface area (Å²) in [5, 5.41) is 9.31. The Labute approximate surface area is 101 Å². The van der Waals surface area contributed by atoms with Gasteiger partial charge in [0.2, 0.25) is 6.79 Å². The van der Waals surface area contributed by atoms with Crippen LogP contribution in [-0.4, -0.2) is 30.3 Å². The van der Waals surface area contributed by atoms with E-state index in [1.165, 1.54) is 6.92 Å². The van der Waals surface area contributed by atoms with Crippen LogP contribution in [0.25, 0.3) is 0 Å². The van der Waals surface area contributed by atoms with Crippen molar-refractivity contribution < 1.29 is 33.3 Å². The number of carbonyl (C=O) groups is 2. The van der Waals surface area contributed by atoms with Gasteiger partial charge in [-0.15, -0.1) is 0 Å². The smallest absolute Gasteiger partial charge is 0.379 e. The second-order valence-electron chi connectivity index (χ2n) is 3.37. The molecule has 0 saturated heterocycles. The molecule has 0 spiro atoms. The highest BCUT2D eigenvalue weighted by molar-refractivity contribution is 6.41. The molecule has 6 nitrogen and oxygen atoms in total. The first-order valence-corrected chi connectivity index (χ1v) is 5.08. The number of phenols is 1. The van der Waals surface area contributed by atoms with E-state index >= 15 is 0 Å². The maximum atomic E-state index is 13.7. The molecule has 0 radical (unpaired) electrons. The van der Waals surface area contributed by atoms with E-state index < -0.39 is 28.9 Å². The maximum absolute atomic E-state index is 13.7. The van der Waals surface area contributed by atoms with Crippen molar-refractivity contribution in [1.29, 1.82) is 0 Å². The number of hydrogen-bond acceptors (Lipinski definition) is 6. The van der Waals surface area contributed by atoms with Crippen molar-refractivity contribution in [2.75, 3.05) is 13.4 Å². The van der Waals surface area contributed by atoms with Crippen LogP contribution in [0.2, 0.25) is 0 Å². The molecule has 1 aliphatic heterocycles. The first-order valence-electron chi connectivity index (χ1n) is 5.08. The van der Waals surface area contributed by atoms with Crippen LogP contribution in [-0.2, 0) is 9.53 Å². The summed E-state index contributed by atoms with van der Waals surface area (Å²) in [6, 6.07) is 0.972. The van der Waals surface area contributed by atoms with Crippen LogP contribution < -0.4 is 9.47 Å². The predicted molar refractivity (Wildman–Crippen MR) is 55.2 cm³/mol. The Bertz CT molecular complexity index is 525. The van der Waals surface area contributed by atoms with E-state index in [1.807, 2.05) is 0 Å². The number of aromatic hydroxyl groups is 1. The van der Waals surface area contributed by atoms with Crippen LogP contribution in [0.15, 0.2) is 6.07 Å². The molecule has 18 heavy (non-hydrogen) atoms. The number of ether oxygens (including phenoxy) is 3. The average Bonchev–Trinajstić information content (AvgIpc) is 2.77. The summed E-state index contributed by atoms with van der Waals surface area (Å²) in [5.74, 6) is -4.69. The Kier molecular flexibility index (Phi) is 3.05. The number of halogens is 1. The van der Waals surface area contributed by atoms with Crippen molar-refractivity contribution in [1.82, 2.24) is 0 Å². The van der Waals surface area contributed by atoms with Crippen molar-refractivity contribution in [2.45, 2.75) is 6.92 Å². The van der Waals surface area contributed by atoms with Gasteiger partial charge in [-0.1, -0.05) is 0 Å². The average molecular weight is 256 g/mol. The Morgan fingerprint density at radius 3 is 2.89 bits per heavy atom. The van der Waals surface area contributed by atoms with E-state index in [-0.39, 0.29) is 24.9 Å². The molecule has 2 rings (SSSR count). The fraction of sp³-hybridized carbons (Fsp3) is 0.273. The van der Waals surface area contributed by atoms with Gasteiger partial charge in [0.05, 0.1) is 6.61 Å². The maximum Gasteiger partial charge on any atom is 0.379 e.